The average molecular weight is 382 g/mol. The van der Waals surface area contributed by atoms with Gasteiger partial charge in [-0.05, 0) is 55.3 Å². The summed E-state index contributed by atoms with van der Waals surface area (Å²) in [6.07, 6.45) is 5.58. The fourth-order valence-electron chi connectivity index (χ4n) is 3.95. The highest BCUT2D eigenvalue weighted by atomic mass is 19.1. The fourth-order valence-corrected chi connectivity index (χ4v) is 3.95. The van der Waals surface area contributed by atoms with Gasteiger partial charge in [0.15, 0.2) is 6.61 Å². The van der Waals surface area contributed by atoms with Gasteiger partial charge in [-0.1, -0.05) is 19.3 Å². The van der Waals surface area contributed by atoms with Gasteiger partial charge in [-0.25, -0.2) is 4.39 Å². The van der Waals surface area contributed by atoms with Crippen LogP contribution in [0, 0.1) is 5.82 Å². The molecule has 5 nitrogen and oxygen atoms in total. The normalized spacial score (nSPS) is 17.5. The number of carbonyl (C=O) groups excluding carboxylic acids is 2. The lowest BCUT2D eigenvalue weighted by Crippen LogP contribution is -2.42. The molecular formula is C22H23FN2O3. The van der Waals surface area contributed by atoms with Crippen molar-refractivity contribution >= 4 is 17.5 Å². The van der Waals surface area contributed by atoms with Crippen LogP contribution in [0.25, 0.3) is 0 Å². The quantitative estimate of drug-likeness (QED) is 0.868. The minimum absolute atomic E-state index is 0.0139. The van der Waals surface area contributed by atoms with Crippen molar-refractivity contribution in [3.8, 4) is 5.75 Å². The second-order valence-electron chi connectivity index (χ2n) is 7.39. The van der Waals surface area contributed by atoms with Crippen molar-refractivity contribution in [2.75, 3.05) is 11.9 Å². The number of amides is 2. The van der Waals surface area contributed by atoms with Crippen LogP contribution in [0.5, 0.6) is 5.75 Å². The van der Waals surface area contributed by atoms with Crippen LogP contribution in [0.15, 0.2) is 42.5 Å². The molecule has 1 aliphatic carbocycles. The maximum absolute atomic E-state index is 13.0. The summed E-state index contributed by atoms with van der Waals surface area (Å²) in [6, 6.07) is 11.1. The van der Waals surface area contributed by atoms with Crippen LogP contribution in [0.1, 0.15) is 48.0 Å². The molecule has 0 saturated heterocycles. The third-order valence-corrected chi connectivity index (χ3v) is 5.45. The third-order valence-electron chi connectivity index (χ3n) is 5.45. The molecule has 146 valence electrons. The number of benzene rings is 2. The molecule has 1 aliphatic heterocycles. The van der Waals surface area contributed by atoms with Gasteiger partial charge in [0.25, 0.3) is 11.8 Å². The molecule has 0 spiro atoms. The van der Waals surface area contributed by atoms with Crippen molar-refractivity contribution in [2.24, 2.45) is 0 Å². The number of halogens is 1. The fraction of sp³-hybridized carbons (Fsp3) is 0.364. The van der Waals surface area contributed by atoms with E-state index in [0.717, 1.165) is 31.2 Å². The number of nitrogens with one attached hydrogen (secondary N) is 1. The van der Waals surface area contributed by atoms with Gasteiger partial charge >= 0.3 is 0 Å². The van der Waals surface area contributed by atoms with Crippen LogP contribution in [-0.4, -0.2) is 29.4 Å². The number of nitrogens with zero attached hydrogens (tertiary/aromatic N) is 1. The monoisotopic (exact) mass is 382 g/mol. The second-order valence-corrected chi connectivity index (χ2v) is 7.39. The predicted octanol–water partition coefficient (Wildman–Crippen LogP) is 4.13. The van der Waals surface area contributed by atoms with Crippen LogP contribution < -0.4 is 10.1 Å². The van der Waals surface area contributed by atoms with E-state index >= 15 is 0 Å². The molecule has 0 radical (unpaired) electrons. The van der Waals surface area contributed by atoms with Gasteiger partial charge < -0.3 is 15.0 Å². The predicted molar refractivity (Wildman–Crippen MR) is 104 cm³/mol. The molecular weight excluding hydrogens is 359 g/mol. The van der Waals surface area contributed by atoms with Crippen LogP contribution >= 0.6 is 0 Å². The van der Waals surface area contributed by atoms with E-state index in [2.05, 4.69) is 5.32 Å². The van der Waals surface area contributed by atoms with E-state index in [1.165, 1.54) is 30.7 Å². The molecule has 1 heterocycles. The lowest BCUT2D eigenvalue weighted by atomic mass is 9.93. The van der Waals surface area contributed by atoms with E-state index in [1.54, 1.807) is 12.1 Å². The van der Waals surface area contributed by atoms with Crippen molar-refractivity contribution in [2.45, 2.75) is 44.7 Å². The largest absolute Gasteiger partial charge is 0.483 e. The summed E-state index contributed by atoms with van der Waals surface area (Å²) in [5.41, 5.74) is 1.88. The Labute approximate surface area is 163 Å². The molecule has 1 saturated carbocycles. The minimum Gasteiger partial charge on any atom is -0.483 e. The Balaban J connectivity index is 1.53. The van der Waals surface area contributed by atoms with Crippen molar-refractivity contribution < 1.29 is 18.7 Å². The van der Waals surface area contributed by atoms with Gasteiger partial charge in [0.1, 0.15) is 11.6 Å². The van der Waals surface area contributed by atoms with E-state index in [1.807, 2.05) is 11.0 Å². The van der Waals surface area contributed by atoms with E-state index < -0.39 is 0 Å². The molecule has 6 heteroatoms. The van der Waals surface area contributed by atoms with Crippen molar-refractivity contribution in [3.05, 3.63) is 59.4 Å². The summed E-state index contributed by atoms with van der Waals surface area (Å²) in [5.74, 6) is -0.00709. The van der Waals surface area contributed by atoms with Crippen molar-refractivity contribution in [1.29, 1.82) is 0 Å². The lowest BCUT2D eigenvalue weighted by Gasteiger charge is -2.33. The number of fused-ring (bicyclic) bond motifs is 1. The van der Waals surface area contributed by atoms with Gasteiger partial charge in [-0.15, -0.1) is 0 Å². The zero-order valence-electron chi connectivity index (χ0n) is 15.6. The van der Waals surface area contributed by atoms with Gasteiger partial charge in [0, 0.05) is 29.4 Å². The standard InChI is InChI=1S/C22H23FN2O3/c23-17-8-6-15(7-9-17)22(27)24-18-10-11-20-16(12-18)13-25(21(26)14-28-20)19-4-2-1-3-5-19/h6-12,19H,1-5,13-14H2,(H,24,27). The molecule has 2 amide bonds. The van der Waals surface area contributed by atoms with E-state index in [0.29, 0.717) is 23.5 Å². The molecule has 2 aliphatic rings. The number of hydrogen-bond acceptors (Lipinski definition) is 3. The van der Waals surface area contributed by atoms with E-state index in [9.17, 15) is 14.0 Å². The van der Waals surface area contributed by atoms with Gasteiger partial charge in [0.2, 0.25) is 0 Å². The Morgan fingerprint density at radius 3 is 2.57 bits per heavy atom. The van der Waals surface area contributed by atoms with Crippen LogP contribution in [0.3, 0.4) is 0 Å². The third kappa shape index (κ3) is 4.01. The summed E-state index contributed by atoms with van der Waals surface area (Å²) in [5, 5.41) is 2.83. The molecule has 0 atom stereocenters. The van der Waals surface area contributed by atoms with Crippen LogP contribution in [-0.2, 0) is 11.3 Å². The zero-order chi connectivity index (χ0) is 19.5. The second kappa shape index (κ2) is 8.00. The van der Waals surface area contributed by atoms with Gasteiger partial charge in [-0.2, -0.15) is 0 Å². The molecule has 2 aromatic rings. The minimum atomic E-state index is -0.383. The Hall–Kier alpha value is -2.89. The first kappa shape index (κ1) is 18.5. The number of hydrogen-bond donors (Lipinski definition) is 1. The van der Waals surface area contributed by atoms with Crippen molar-refractivity contribution in [3.63, 3.8) is 0 Å². The van der Waals surface area contributed by atoms with Crippen LogP contribution in [0.2, 0.25) is 0 Å². The highest BCUT2D eigenvalue weighted by Gasteiger charge is 2.29. The first-order valence-corrected chi connectivity index (χ1v) is 9.72. The topological polar surface area (TPSA) is 58.6 Å². The van der Waals surface area contributed by atoms with Crippen LogP contribution in [0.4, 0.5) is 10.1 Å². The maximum atomic E-state index is 13.0. The number of carbonyl (C=O) groups is 2. The summed E-state index contributed by atoms with van der Waals surface area (Å²) in [4.78, 5) is 26.9. The highest BCUT2D eigenvalue weighted by Crippen LogP contribution is 2.31. The number of rotatable bonds is 3. The molecule has 2 aromatic carbocycles. The summed E-state index contributed by atoms with van der Waals surface area (Å²) in [7, 11) is 0. The first-order chi connectivity index (χ1) is 13.6. The summed E-state index contributed by atoms with van der Waals surface area (Å²) < 4.78 is 18.7. The van der Waals surface area contributed by atoms with Crippen molar-refractivity contribution in [1.82, 2.24) is 4.90 Å². The highest BCUT2D eigenvalue weighted by molar-refractivity contribution is 6.04. The first-order valence-electron chi connectivity index (χ1n) is 9.72. The Morgan fingerprint density at radius 2 is 1.82 bits per heavy atom. The molecule has 0 aromatic heterocycles. The molecule has 28 heavy (non-hydrogen) atoms. The number of ether oxygens (including phenoxy) is 1. The lowest BCUT2D eigenvalue weighted by molar-refractivity contribution is -0.136. The summed E-state index contributed by atoms with van der Waals surface area (Å²) in [6.45, 7) is 0.532. The van der Waals surface area contributed by atoms with Gasteiger partial charge in [0.05, 0.1) is 0 Å². The van der Waals surface area contributed by atoms with E-state index in [4.69, 9.17) is 4.74 Å². The Bertz CT molecular complexity index is 876. The molecule has 1 fully saturated rings. The molecule has 0 bridgehead atoms. The van der Waals surface area contributed by atoms with Gasteiger partial charge in [-0.3, -0.25) is 9.59 Å². The smallest absolute Gasteiger partial charge is 0.261 e. The summed E-state index contributed by atoms with van der Waals surface area (Å²) >= 11 is 0. The molecule has 4 rings (SSSR count). The maximum Gasteiger partial charge on any atom is 0.261 e. The Kier molecular flexibility index (Phi) is 5.28. The molecule has 0 unspecified atom stereocenters. The number of anilines is 1. The molecule has 1 N–H and O–H groups in total. The zero-order valence-corrected chi connectivity index (χ0v) is 15.6. The SMILES string of the molecule is O=C(Nc1ccc2c(c1)CN(C1CCCCC1)C(=O)CO2)c1ccc(F)cc1. The average Bonchev–Trinajstić information content (AvgIpc) is 2.88. The van der Waals surface area contributed by atoms with E-state index in [-0.39, 0.29) is 30.3 Å². The Morgan fingerprint density at radius 1 is 1.07 bits per heavy atom.